The molecule has 1 aromatic carbocycles. The van der Waals surface area contributed by atoms with Crippen molar-refractivity contribution in [2.24, 2.45) is 0 Å². The monoisotopic (exact) mass is 287 g/mol. The zero-order valence-electron chi connectivity index (χ0n) is 11.9. The first-order chi connectivity index (χ1) is 10.1. The molecule has 0 atom stereocenters. The highest BCUT2D eigenvalue weighted by molar-refractivity contribution is 6.02. The van der Waals surface area contributed by atoms with E-state index in [0.29, 0.717) is 17.2 Å². The van der Waals surface area contributed by atoms with Crippen molar-refractivity contribution < 1.29 is 9.59 Å². The Morgan fingerprint density at radius 1 is 1.24 bits per heavy atom. The molecule has 0 saturated heterocycles. The van der Waals surface area contributed by atoms with Crippen molar-refractivity contribution in [3.63, 3.8) is 0 Å². The van der Waals surface area contributed by atoms with E-state index in [2.05, 4.69) is 25.8 Å². The van der Waals surface area contributed by atoms with Gasteiger partial charge in [0.1, 0.15) is 5.82 Å². The number of aromatic nitrogens is 3. The van der Waals surface area contributed by atoms with Crippen molar-refractivity contribution in [3.8, 4) is 0 Å². The highest BCUT2D eigenvalue weighted by Crippen LogP contribution is 2.15. The van der Waals surface area contributed by atoms with E-state index in [9.17, 15) is 9.59 Å². The molecule has 2 aromatic rings. The van der Waals surface area contributed by atoms with Gasteiger partial charge in [0.2, 0.25) is 11.7 Å². The fourth-order valence-electron chi connectivity index (χ4n) is 1.81. The van der Waals surface area contributed by atoms with E-state index in [4.69, 9.17) is 0 Å². The molecule has 2 rings (SSSR count). The quantitative estimate of drug-likeness (QED) is 0.782. The number of rotatable bonds is 5. The third-order valence-electron chi connectivity index (χ3n) is 2.66. The first-order valence-corrected chi connectivity index (χ1v) is 6.68. The summed E-state index contributed by atoms with van der Waals surface area (Å²) in [5.41, 5.74) is 1.18. The maximum Gasteiger partial charge on any atom is 0.295 e. The van der Waals surface area contributed by atoms with Crippen LogP contribution in [0.5, 0.6) is 0 Å². The van der Waals surface area contributed by atoms with Crippen molar-refractivity contribution in [3.05, 3.63) is 35.9 Å². The van der Waals surface area contributed by atoms with E-state index >= 15 is 0 Å². The number of carbonyl (C=O) groups excluding carboxylic acids is 2. The largest absolute Gasteiger partial charge is 0.326 e. The van der Waals surface area contributed by atoms with Gasteiger partial charge in [-0.3, -0.25) is 14.7 Å². The summed E-state index contributed by atoms with van der Waals surface area (Å²) in [5, 5.41) is 12.0. The number of amides is 2. The van der Waals surface area contributed by atoms with Gasteiger partial charge in [0.25, 0.3) is 5.91 Å². The molecule has 110 valence electrons. The van der Waals surface area contributed by atoms with Crippen molar-refractivity contribution in [2.75, 3.05) is 10.6 Å². The van der Waals surface area contributed by atoms with Gasteiger partial charge in [0, 0.05) is 24.7 Å². The van der Waals surface area contributed by atoms with Crippen LogP contribution in [0.15, 0.2) is 24.3 Å². The Balaban J connectivity index is 2.06. The molecule has 21 heavy (non-hydrogen) atoms. The van der Waals surface area contributed by atoms with Gasteiger partial charge in [-0.05, 0) is 24.6 Å². The molecule has 3 N–H and O–H groups in total. The van der Waals surface area contributed by atoms with E-state index < -0.39 is 5.91 Å². The molecule has 0 fully saturated rings. The predicted molar refractivity (Wildman–Crippen MR) is 79.1 cm³/mol. The Labute approximate surface area is 122 Å². The van der Waals surface area contributed by atoms with Crippen molar-refractivity contribution in [1.29, 1.82) is 0 Å². The summed E-state index contributed by atoms with van der Waals surface area (Å²) in [6.45, 7) is 3.45. The Morgan fingerprint density at radius 3 is 2.62 bits per heavy atom. The standard InChI is InChI=1S/C14H17N5O2/c1-3-5-12-17-13(19-18-12)14(21)16-11-7-4-6-10(8-11)15-9(2)20/h4,6-8H,3,5H2,1-2H3,(H,15,20)(H,16,21)(H,17,18,19). The van der Waals surface area contributed by atoms with Crippen LogP contribution in [-0.4, -0.2) is 27.0 Å². The second-order valence-corrected chi connectivity index (χ2v) is 4.57. The summed E-state index contributed by atoms with van der Waals surface area (Å²) in [4.78, 5) is 27.1. The molecular weight excluding hydrogens is 270 g/mol. The van der Waals surface area contributed by atoms with Crippen molar-refractivity contribution >= 4 is 23.2 Å². The van der Waals surface area contributed by atoms with Crippen LogP contribution in [0.1, 0.15) is 36.7 Å². The third kappa shape index (κ3) is 4.13. The molecule has 0 radical (unpaired) electrons. The van der Waals surface area contributed by atoms with Gasteiger partial charge in [-0.25, -0.2) is 4.98 Å². The van der Waals surface area contributed by atoms with Gasteiger partial charge in [-0.15, -0.1) is 5.10 Å². The molecule has 0 saturated carbocycles. The summed E-state index contributed by atoms with van der Waals surface area (Å²) in [6.07, 6.45) is 1.67. The van der Waals surface area contributed by atoms with Crippen LogP contribution in [0.4, 0.5) is 11.4 Å². The normalized spacial score (nSPS) is 10.2. The van der Waals surface area contributed by atoms with E-state index in [0.717, 1.165) is 12.8 Å². The minimum absolute atomic E-state index is 0.100. The van der Waals surface area contributed by atoms with Gasteiger partial charge >= 0.3 is 0 Å². The van der Waals surface area contributed by atoms with Gasteiger partial charge in [-0.2, -0.15) is 0 Å². The Hall–Kier alpha value is -2.70. The molecule has 0 unspecified atom stereocenters. The van der Waals surface area contributed by atoms with Crippen molar-refractivity contribution in [1.82, 2.24) is 15.2 Å². The number of nitrogens with one attached hydrogen (secondary N) is 3. The van der Waals surface area contributed by atoms with Gasteiger partial charge in [0.05, 0.1) is 0 Å². The number of anilines is 2. The molecule has 7 heteroatoms. The minimum atomic E-state index is -0.395. The number of hydrogen-bond acceptors (Lipinski definition) is 4. The molecule has 2 amide bonds. The molecule has 0 aliphatic heterocycles. The number of nitrogens with zero attached hydrogens (tertiary/aromatic N) is 2. The van der Waals surface area contributed by atoms with Crippen LogP contribution in [0, 0.1) is 0 Å². The maximum atomic E-state index is 12.0. The molecule has 7 nitrogen and oxygen atoms in total. The number of aromatic amines is 1. The Kier molecular flexibility index (Phi) is 4.65. The lowest BCUT2D eigenvalue weighted by Crippen LogP contribution is -2.14. The smallest absolute Gasteiger partial charge is 0.295 e. The lowest BCUT2D eigenvalue weighted by molar-refractivity contribution is -0.114. The fraction of sp³-hybridized carbons (Fsp3) is 0.286. The van der Waals surface area contributed by atoms with Crippen LogP contribution in [0.3, 0.4) is 0 Å². The molecule has 0 aliphatic carbocycles. The lowest BCUT2D eigenvalue weighted by atomic mass is 10.2. The van der Waals surface area contributed by atoms with E-state index in [1.807, 2.05) is 6.92 Å². The number of carbonyl (C=O) groups is 2. The van der Waals surface area contributed by atoms with E-state index in [1.165, 1.54) is 6.92 Å². The average molecular weight is 287 g/mol. The zero-order valence-corrected chi connectivity index (χ0v) is 11.9. The summed E-state index contributed by atoms with van der Waals surface area (Å²) >= 11 is 0. The maximum absolute atomic E-state index is 12.0. The third-order valence-corrected chi connectivity index (χ3v) is 2.66. The van der Waals surface area contributed by atoms with Crippen LogP contribution < -0.4 is 10.6 Å². The van der Waals surface area contributed by atoms with Crippen LogP contribution >= 0.6 is 0 Å². The van der Waals surface area contributed by atoms with Gasteiger partial charge < -0.3 is 10.6 Å². The number of hydrogen-bond donors (Lipinski definition) is 3. The second kappa shape index (κ2) is 6.65. The Bertz CT molecular complexity index is 650. The van der Waals surface area contributed by atoms with Crippen molar-refractivity contribution in [2.45, 2.75) is 26.7 Å². The first kappa shape index (κ1) is 14.7. The summed E-state index contributed by atoms with van der Waals surface area (Å²) in [6, 6.07) is 6.87. The summed E-state index contributed by atoms with van der Waals surface area (Å²) < 4.78 is 0. The fourth-order valence-corrected chi connectivity index (χ4v) is 1.81. The number of aryl methyl sites for hydroxylation is 1. The molecule has 0 spiro atoms. The molecule has 0 aliphatic rings. The second-order valence-electron chi connectivity index (χ2n) is 4.57. The average Bonchev–Trinajstić information content (AvgIpc) is 2.87. The van der Waals surface area contributed by atoms with Crippen LogP contribution in [0.25, 0.3) is 0 Å². The van der Waals surface area contributed by atoms with Gasteiger partial charge in [-0.1, -0.05) is 13.0 Å². The zero-order chi connectivity index (χ0) is 15.2. The predicted octanol–water partition coefficient (Wildman–Crippen LogP) is 1.97. The van der Waals surface area contributed by atoms with Crippen LogP contribution in [0.2, 0.25) is 0 Å². The molecule has 1 heterocycles. The highest BCUT2D eigenvalue weighted by atomic mass is 16.2. The van der Waals surface area contributed by atoms with Crippen LogP contribution in [-0.2, 0) is 11.2 Å². The summed E-state index contributed by atoms with van der Waals surface area (Å²) in [5.74, 6) is 0.225. The number of benzene rings is 1. The topological polar surface area (TPSA) is 99.8 Å². The molecule has 0 bridgehead atoms. The minimum Gasteiger partial charge on any atom is -0.326 e. The molecular formula is C14H17N5O2. The number of H-pyrrole nitrogens is 1. The lowest BCUT2D eigenvalue weighted by Gasteiger charge is -2.06. The highest BCUT2D eigenvalue weighted by Gasteiger charge is 2.12. The first-order valence-electron chi connectivity index (χ1n) is 6.68. The van der Waals surface area contributed by atoms with E-state index in [1.54, 1.807) is 24.3 Å². The molecule has 1 aromatic heterocycles. The Morgan fingerprint density at radius 2 is 1.95 bits per heavy atom. The van der Waals surface area contributed by atoms with Gasteiger partial charge in [0.15, 0.2) is 0 Å². The van der Waals surface area contributed by atoms with E-state index in [-0.39, 0.29) is 11.7 Å². The SMILES string of the molecule is CCCc1nc(C(=O)Nc2cccc(NC(C)=O)c2)n[nH]1. The summed E-state index contributed by atoms with van der Waals surface area (Å²) in [7, 11) is 0.